The Hall–Kier alpha value is -3.54. The van der Waals surface area contributed by atoms with Gasteiger partial charge >= 0.3 is 0 Å². The lowest BCUT2D eigenvalue weighted by Gasteiger charge is -2.37. The van der Waals surface area contributed by atoms with E-state index in [-0.39, 0.29) is 18.9 Å². The summed E-state index contributed by atoms with van der Waals surface area (Å²) >= 11 is 0. The normalized spacial score (nSPS) is 14.7. The molecule has 1 saturated heterocycles. The van der Waals surface area contributed by atoms with Gasteiger partial charge in [-0.2, -0.15) is 0 Å². The second-order valence-corrected chi connectivity index (χ2v) is 7.57. The molecule has 3 rings (SSSR count). The number of halogens is 5. The van der Waals surface area contributed by atoms with E-state index in [4.69, 9.17) is 0 Å². The van der Waals surface area contributed by atoms with Gasteiger partial charge in [-0.25, -0.2) is 22.0 Å². The maximum Gasteiger partial charge on any atom is 0.258 e. The summed E-state index contributed by atoms with van der Waals surface area (Å²) in [5.74, 6) is -14.3. The Labute approximate surface area is 190 Å². The molecule has 12 heteroatoms. The Morgan fingerprint density at radius 2 is 1.38 bits per heavy atom. The first-order valence-corrected chi connectivity index (χ1v) is 10.1. The van der Waals surface area contributed by atoms with E-state index in [0.29, 0.717) is 18.7 Å². The van der Waals surface area contributed by atoms with Crippen LogP contribution in [0.1, 0.15) is 27.6 Å². The number of carbonyl (C=O) groups excluding carboxylic acids is 3. The molecular formula is C22H20F5N3O4. The van der Waals surface area contributed by atoms with Crippen LogP contribution >= 0.6 is 0 Å². The molecule has 1 heterocycles. The van der Waals surface area contributed by atoms with Crippen molar-refractivity contribution in [2.24, 2.45) is 0 Å². The number of anilines is 1. The van der Waals surface area contributed by atoms with E-state index >= 15 is 0 Å². The van der Waals surface area contributed by atoms with E-state index < -0.39 is 59.1 Å². The molecule has 0 aromatic heterocycles. The van der Waals surface area contributed by atoms with Gasteiger partial charge in [0.2, 0.25) is 11.7 Å². The van der Waals surface area contributed by atoms with Crippen LogP contribution in [-0.2, 0) is 4.79 Å². The number of aliphatic hydroxyl groups excluding tert-OH is 1. The predicted molar refractivity (Wildman–Crippen MR) is 110 cm³/mol. The molecule has 182 valence electrons. The standard InChI is InChI=1S/C22H20F5N3O4/c1-11(32)12-2-4-13(5-3-12)29-6-8-30(9-7-29)22(34)14(10-31)28-21(33)15-16(23)18(25)20(27)19(26)17(15)24/h2-5,14,31H,6-10H2,1H3,(H,28,33)/t14-/m0/s1. The molecule has 0 saturated carbocycles. The van der Waals surface area contributed by atoms with Gasteiger partial charge in [-0.05, 0) is 31.2 Å². The number of aliphatic hydroxyl groups is 1. The number of hydrogen-bond donors (Lipinski definition) is 2. The van der Waals surface area contributed by atoms with Crippen LogP contribution in [0.25, 0.3) is 0 Å². The van der Waals surface area contributed by atoms with Crippen LogP contribution in [0.3, 0.4) is 0 Å². The number of amides is 2. The second-order valence-electron chi connectivity index (χ2n) is 7.57. The summed E-state index contributed by atoms with van der Waals surface area (Å²) in [6, 6.07) is 5.20. The summed E-state index contributed by atoms with van der Waals surface area (Å²) in [7, 11) is 0. The van der Waals surface area contributed by atoms with Gasteiger partial charge in [-0.1, -0.05) is 0 Å². The van der Waals surface area contributed by atoms with Crippen LogP contribution in [0, 0.1) is 29.1 Å². The third kappa shape index (κ3) is 4.86. The van der Waals surface area contributed by atoms with Crippen molar-refractivity contribution in [3.05, 3.63) is 64.5 Å². The monoisotopic (exact) mass is 485 g/mol. The van der Waals surface area contributed by atoms with Crippen LogP contribution in [0.15, 0.2) is 24.3 Å². The fourth-order valence-electron chi connectivity index (χ4n) is 3.53. The Morgan fingerprint density at radius 3 is 1.85 bits per heavy atom. The summed E-state index contributed by atoms with van der Waals surface area (Å²) in [6.45, 7) is 1.56. The van der Waals surface area contributed by atoms with Gasteiger partial charge in [-0.3, -0.25) is 14.4 Å². The number of nitrogens with zero attached hydrogens (tertiary/aromatic N) is 2. The minimum atomic E-state index is -2.42. The van der Waals surface area contributed by atoms with Crippen molar-refractivity contribution >= 4 is 23.3 Å². The predicted octanol–water partition coefficient (Wildman–Crippen LogP) is 2.02. The van der Waals surface area contributed by atoms with Gasteiger partial charge in [0.1, 0.15) is 11.6 Å². The number of rotatable bonds is 6. The first-order chi connectivity index (χ1) is 16.1. The van der Waals surface area contributed by atoms with Crippen molar-refractivity contribution in [3.8, 4) is 0 Å². The molecule has 1 aliphatic heterocycles. The van der Waals surface area contributed by atoms with Gasteiger partial charge in [0.15, 0.2) is 29.1 Å². The summed E-state index contributed by atoms with van der Waals surface area (Å²) < 4.78 is 67.7. The molecule has 1 fully saturated rings. The molecule has 0 bridgehead atoms. The number of carbonyl (C=O) groups is 3. The molecule has 7 nitrogen and oxygen atoms in total. The largest absolute Gasteiger partial charge is 0.394 e. The fraction of sp³-hybridized carbons (Fsp3) is 0.318. The maximum absolute atomic E-state index is 13.9. The molecule has 0 unspecified atom stereocenters. The number of ketones is 1. The van der Waals surface area contributed by atoms with Crippen LogP contribution in [-0.4, -0.2) is 66.4 Å². The number of nitrogens with one attached hydrogen (secondary N) is 1. The molecule has 1 aliphatic rings. The van der Waals surface area contributed by atoms with Crippen LogP contribution in [0.5, 0.6) is 0 Å². The zero-order valence-electron chi connectivity index (χ0n) is 17.9. The summed E-state index contributed by atoms with van der Waals surface area (Å²) in [6.07, 6.45) is 0. The third-order valence-electron chi connectivity index (χ3n) is 5.45. The van der Waals surface area contributed by atoms with Gasteiger partial charge in [-0.15, -0.1) is 0 Å². The molecule has 2 aromatic carbocycles. The van der Waals surface area contributed by atoms with Crippen LogP contribution in [0.2, 0.25) is 0 Å². The average Bonchev–Trinajstić information content (AvgIpc) is 2.84. The van der Waals surface area contributed by atoms with E-state index in [1.165, 1.54) is 11.8 Å². The molecule has 34 heavy (non-hydrogen) atoms. The number of Topliss-reactive ketones (excluding diaryl/α,β-unsaturated/α-hetero) is 1. The highest BCUT2D eigenvalue weighted by Crippen LogP contribution is 2.23. The van der Waals surface area contributed by atoms with E-state index in [0.717, 1.165) is 5.69 Å². The van der Waals surface area contributed by atoms with Gasteiger partial charge < -0.3 is 20.2 Å². The van der Waals surface area contributed by atoms with E-state index in [1.807, 2.05) is 10.2 Å². The molecule has 0 spiro atoms. The summed E-state index contributed by atoms with van der Waals surface area (Å²) in [5, 5.41) is 11.4. The number of hydrogen-bond acceptors (Lipinski definition) is 5. The highest BCUT2D eigenvalue weighted by atomic mass is 19.2. The van der Waals surface area contributed by atoms with Gasteiger partial charge in [0.05, 0.1) is 6.61 Å². The molecule has 0 radical (unpaired) electrons. The Morgan fingerprint density at radius 1 is 0.882 bits per heavy atom. The van der Waals surface area contributed by atoms with Crippen molar-refractivity contribution in [1.82, 2.24) is 10.2 Å². The van der Waals surface area contributed by atoms with E-state index in [9.17, 15) is 41.4 Å². The van der Waals surface area contributed by atoms with Crippen LogP contribution in [0.4, 0.5) is 27.6 Å². The Kier molecular flexibility index (Phi) is 7.50. The second kappa shape index (κ2) is 10.2. The maximum atomic E-state index is 13.9. The quantitative estimate of drug-likeness (QED) is 0.283. The highest BCUT2D eigenvalue weighted by Gasteiger charge is 2.33. The molecule has 1 atom stereocenters. The molecule has 0 aliphatic carbocycles. The van der Waals surface area contributed by atoms with Crippen molar-refractivity contribution in [2.75, 3.05) is 37.7 Å². The topological polar surface area (TPSA) is 90.0 Å². The fourth-order valence-corrected chi connectivity index (χ4v) is 3.53. The first-order valence-electron chi connectivity index (χ1n) is 10.1. The summed E-state index contributed by atoms with van der Waals surface area (Å²) in [4.78, 5) is 39.5. The highest BCUT2D eigenvalue weighted by molar-refractivity contribution is 5.98. The zero-order chi connectivity index (χ0) is 25.2. The third-order valence-corrected chi connectivity index (χ3v) is 5.45. The number of benzene rings is 2. The minimum Gasteiger partial charge on any atom is -0.394 e. The minimum absolute atomic E-state index is 0.0788. The zero-order valence-corrected chi connectivity index (χ0v) is 17.9. The van der Waals surface area contributed by atoms with Crippen molar-refractivity contribution in [1.29, 1.82) is 0 Å². The van der Waals surface area contributed by atoms with Crippen LogP contribution < -0.4 is 10.2 Å². The summed E-state index contributed by atoms with van der Waals surface area (Å²) in [5.41, 5.74) is -0.384. The lowest BCUT2D eigenvalue weighted by atomic mass is 10.1. The van der Waals surface area contributed by atoms with E-state index in [1.54, 1.807) is 24.3 Å². The Balaban J connectivity index is 1.67. The van der Waals surface area contributed by atoms with Crippen molar-refractivity contribution in [2.45, 2.75) is 13.0 Å². The molecule has 2 amide bonds. The van der Waals surface area contributed by atoms with Gasteiger partial charge in [0, 0.05) is 37.4 Å². The van der Waals surface area contributed by atoms with Crippen molar-refractivity contribution < 1.29 is 41.4 Å². The lowest BCUT2D eigenvalue weighted by molar-refractivity contribution is -0.134. The SMILES string of the molecule is CC(=O)c1ccc(N2CCN(C(=O)[C@H](CO)NC(=O)c3c(F)c(F)c(F)c(F)c3F)CC2)cc1. The van der Waals surface area contributed by atoms with E-state index in [2.05, 4.69) is 0 Å². The first kappa shape index (κ1) is 25.1. The van der Waals surface area contributed by atoms with Crippen molar-refractivity contribution in [3.63, 3.8) is 0 Å². The number of piperazine rings is 1. The molecular weight excluding hydrogens is 465 g/mol. The van der Waals surface area contributed by atoms with Gasteiger partial charge in [0.25, 0.3) is 5.91 Å². The molecule has 2 aromatic rings. The molecule has 2 N–H and O–H groups in total. The average molecular weight is 485 g/mol. The smallest absolute Gasteiger partial charge is 0.258 e. The Bertz CT molecular complexity index is 1090. The lowest BCUT2D eigenvalue weighted by Crippen LogP contribution is -2.56.